The van der Waals surface area contributed by atoms with E-state index in [4.69, 9.17) is 20.6 Å². The van der Waals surface area contributed by atoms with Gasteiger partial charge in [-0.3, -0.25) is 9.88 Å². The average molecular weight is 418 g/mol. The summed E-state index contributed by atoms with van der Waals surface area (Å²) in [6, 6.07) is 20.3. The van der Waals surface area contributed by atoms with E-state index in [0.29, 0.717) is 11.5 Å². The van der Waals surface area contributed by atoms with Crippen LogP contribution < -0.4 is 5.32 Å². The Morgan fingerprint density at radius 3 is 2.00 bits per heavy atom. The highest BCUT2D eigenvalue weighted by atomic mass is 35.5. The van der Waals surface area contributed by atoms with Gasteiger partial charge in [-0.15, -0.1) is 0 Å². The van der Waals surface area contributed by atoms with Gasteiger partial charge in [0.05, 0.1) is 17.7 Å². The SMILES string of the molecule is COP(=O)(C[C@@]1(NC(c2ccccc2)c2ccccc2)C=CC(Cl)=CC1)OC. The smallest absolute Gasteiger partial charge is 0.312 e. The molecule has 0 amide bonds. The van der Waals surface area contributed by atoms with Crippen molar-refractivity contribution in [2.45, 2.75) is 18.0 Å². The molecule has 28 heavy (non-hydrogen) atoms. The molecule has 1 N–H and O–H groups in total. The van der Waals surface area contributed by atoms with Crippen molar-refractivity contribution in [3.8, 4) is 0 Å². The molecule has 1 aliphatic carbocycles. The van der Waals surface area contributed by atoms with Crippen LogP contribution in [0.1, 0.15) is 23.6 Å². The summed E-state index contributed by atoms with van der Waals surface area (Å²) < 4.78 is 23.5. The third kappa shape index (κ3) is 5.02. The molecule has 0 unspecified atom stereocenters. The second-order valence-corrected chi connectivity index (χ2v) is 9.52. The van der Waals surface area contributed by atoms with Gasteiger partial charge in [-0.1, -0.05) is 84.4 Å². The number of hydrogen-bond acceptors (Lipinski definition) is 4. The molecule has 3 rings (SSSR count). The standard InChI is InChI=1S/C22H25ClNO3P/c1-26-28(25,27-2)17-22(15-13-20(23)14-16-22)24-21(18-9-5-3-6-10-18)19-11-7-4-8-12-19/h3-15,21,24H,16-17H2,1-2H3/t22-/m1/s1. The molecule has 4 nitrogen and oxygen atoms in total. The molecule has 0 aromatic heterocycles. The molecule has 0 spiro atoms. The monoisotopic (exact) mass is 417 g/mol. The molecule has 1 aliphatic rings. The third-order valence-corrected chi connectivity index (χ3v) is 7.30. The minimum absolute atomic E-state index is 0.0977. The fourth-order valence-corrected chi connectivity index (χ4v) is 4.98. The van der Waals surface area contributed by atoms with Gasteiger partial charge in [0.25, 0.3) is 0 Å². The topological polar surface area (TPSA) is 47.6 Å². The summed E-state index contributed by atoms with van der Waals surface area (Å²) in [4.78, 5) is 0. The van der Waals surface area contributed by atoms with Gasteiger partial charge >= 0.3 is 7.60 Å². The second-order valence-electron chi connectivity index (χ2n) is 6.82. The number of allylic oxidation sites excluding steroid dienone is 2. The molecular weight excluding hydrogens is 393 g/mol. The maximum Gasteiger partial charge on any atom is 0.332 e. The highest BCUT2D eigenvalue weighted by molar-refractivity contribution is 7.53. The van der Waals surface area contributed by atoms with Gasteiger partial charge in [0.2, 0.25) is 0 Å². The third-order valence-electron chi connectivity index (χ3n) is 4.95. The number of benzene rings is 2. The summed E-state index contributed by atoms with van der Waals surface area (Å²) in [6.45, 7) is 0. The number of rotatable bonds is 8. The van der Waals surface area contributed by atoms with E-state index in [-0.39, 0.29) is 12.2 Å². The van der Waals surface area contributed by atoms with Gasteiger partial charge < -0.3 is 9.05 Å². The molecular formula is C22H25ClNO3P. The summed E-state index contributed by atoms with van der Waals surface area (Å²) in [5.74, 6) is 0. The van der Waals surface area contributed by atoms with E-state index in [1.807, 2.05) is 54.6 Å². The number of hydrogen-bond donors (Lipinski definition) is 1. The first kappa shape index (κ1) is 21.0. The normalized spacial score (nSPS) is 19.6. The van der Waals surface area contributed by atoms with E-state index in [1.54, 1.807) is 0 Å². The molecule has 0 aliphatic heterocycles. The molecule has 0 fully saturated rings. The van der Waals surface area contributed by atoms with E-state index >= 15 is 0 Å². The van der Waals surface area contributed by atoms with Gasteiger partial charge in [0.1, 0.15) is 0 Å². The van der Waals surface area contributed by atoms with Crippen molar-refractivity contribution in [1.29, 1.82) is 0 Å². The molecule has 2 aromatic carbocycles. The summed E-state index contributed by atoms with van der Waals surface area (Å²) in [5.41, 5.74) is 1.61. The van der Waals surface area contributed by atoms with Crippen molar-refractivity contribution >= 4 is 19.2 Å². The van der Waals surface area contributed by atoms with Crippen LogP contribution in [0.15, 0.2) is 83.9 Å². The van der Waals surface area contributed by atoms with Crippen LogP contribution in [0.25, 0.3) is 0 Å². The summed E-state index contributed by atoms with van der Waals surface area (Å²) in [5, 5.41) is 4.39. The minimum atomic E-state index is -3.26. The molecule has 6 heteroatoms. The van der Waals surface area contributed by atoms with Crippen LogP contribution in [0, 0.1) is 0 Å². The second kappa shape index (κ2) is 9.21. The first-order valence-corrected chi connectivity index (χ1v) is 11.2. The van der Waals surface area contributed by atoms with Crippen LogP contribution in [-0.2, 0) is 13.6 Å². The van der Waals surface area contributed by atoms with E-state index in [1.165, 1.54) is 14.2 Å². The lowest BCUT2D eigenvalue weighted by atomic mass is 9.89. The average Bonchev–Trinajstić information content (AvgIpc) is 2.75. The van der Waals surface area contributed by atoms with E-state index < -0.39 is 13.1 Å². The van der Waals surface area contributed by atoms with Crippen LogP contribution in [0.4, 0.5) is 0 Å². The van der Waals surface area contributed by atoms with Crippen molar-refractivity contribution in [3.63, 3.8) is 0 Å². The maximum absolute atomic E-state index is 13.0. The van der Waals surface area contributed by atoms with Crippen molar-refractivity contribution in [3.05, 3.63) is 95.1 Å². The predicted octanol–water partition coefficient (Wildman–Crippen LogP) is 5.67. The molecule has 148 valence electrons. The molecule has 0 bridgehead atoms. The van der Waals surface area contributed by atoms with Gasteiger partial charge in [-0.05, 0) is 23.6 Å². The maximum atomic E-state index is 13.0. The highest BCUT2D eigenvalue weighted by Crippen LogP contribution is 2.51. The Balaban J connectivity index is 2.01. The Morgan fingerprint density at radius 1 is 1.04 bits per heavy atom. The van der Waals surface area contributed by atoms with E-state index in [2.05, 4.69) is 29.6 Å². The molecule has 2 aromatic rings. The Bertz CT molecular complexity index is 838. The van der Waals surface area contributed by atoms with E-state index in [9.17, 15) is 4.57 Å². The van der Waals surface area contributed by atoms with Crippen molar-refractivity contribution in [2.24, 2.45) is 0 Å². The number of halogens is 1. The fourth-order valence-electron chi connectivity index (χ4n) is 3.41. The molecule has 0 saturated carbocycles. The lowest BCUT2D eigenvalue weighted by Crippen LogP contribution is -2.49. The first-order valence-electron chi connectivity index (χ1n) is 9.12. The molecule has 0 radical (unpaired) electrons. The Morgan fingerprint density at radius 2 is 1.57 bits per heavy atom. The molecule has 0 saturated heterocycles. The van der Waals surface area contributed by atoms with Crippen LogP contribution in [0.5, 0.6) is 0 Å². The van der Waals surface area contributed by atoms with Gasteiger partial charge in [0.15, 0.2) is 0 Å². The van der Waals surface area contributed by atoms with Crippen LogP contribution in [0.2, 0.25) is 0 Å². The lowest BCUT2D eigenvalue weighted by molar-refractivity contribution is 0.262. The Kier molecular flexibility index (Phi) is 6.92. The minimum Gasteiger partial charge on any atom is -0.312 e. The fraction of sp³-hybridized carbons (Fsp3) is 0.273. The van der Waals surface area contributed by atoms with Crippen LogP contribution in [0.3, 0.4) is 0 Å². The summed E-state index contributed by atoms with van der Waals surface area (Å²) in [6.07, 6.45) is 6.51. The molecule has 1 atom stereocenters. The van der Waals surface area contributed by atoms with Gasteiger partial charge in [0, 0.05) is 19.3 Å². The van der Waals surface area contributed by atoms with Crippen molar-refractivity contribution in [2.75, 3.05) is 20.4 Å². The van der Waals surface area contributed by atoms with Crippen molar-refractivity contribution < 1.29 is 13.6 Å². The molecule has 0 heterocycles. The first-order chi connectivity index (χ1) is 13.5. The summed E-state index contributed by atoms with van der Waals surface area (Å²) in [7, 11) is -0.428. The predicted molar refractivity (Wildman–Crippen MR) is 115 cm³/mol. The highest BCUT2D eigenvalue weighted by Gasteiger charge is 2.39. The van der Waals surface area contributed by atoms with Crippen LogP contribution in [-0.4, -0.2) is 25.9 Å². The zero-order chi connectivity index (χ0) is 20.0. The number of nitrogens with one attached hydrogen (secondary N) is 1. The lowest BCUT2D eigenvalue weighted by Gasteiger charge is -2.38. The van der Waals surface area contributed by atoms with Crippen molar-refractivity contribution in [1.82, 2.24) is 5.32 Å². The van der Waals surface area contributed by atoms with Gasteiger partial charge in [-0.25, -0.2) is 0 Å². The van der Waals surface area contributed by atoms with Crippen LogP contribution >= 0.6 is 19.2 Å². The Labute approximate surface area is 171 Å². The van der Waals surface area contributed by atoms with Gasteiger partial charge in [-0.2, -0.15) is 0 Å². The Hall–Kier alpha value is -1.68. The zero-order valence-electron chi connectivity index (χ0n) is 16.0. The largest absolute Gasteiger partial charge is 0.332 e. The van der Waals surface area contributed by atoms with E-state index in [0.717, 1.165) is 11.1 Å². The summed E-state index contributed by atoms with van der Waals surface area (Å²) >= 11 is 6.17. The zero-order valence-corrected chi connectivity index (χ0v) is 17.7. The quantitative estimate of drug-likeness (QED) is 0.562.